The van der Waals surface area contributed by atoms with Crippen LogP contribution >= 0.6 is 0 Å². The molecule has 1 aliphatic heterocycles. The molecule has 1 rings (SSSR count). The average Bonchev–Trinajstić information content (AvgIpc) is 2.68. The maximum absolute atomic E-state index is 11.8. The third kappa shape index (κ3) is 5.80. The van der Waals surface area contributed by atoms with Gasteiger partial charge in [-0.2, -0.15) is 0 Å². The summed E-state index contributed by atoms with van der Waals surface area (Å²) in [4.78, 5) is 26.4. The molecule has 1 atom stereocenters. The predicted molar refractivity (Wildman–Crippen MR) is 81.6 cm³/mol. The van der Waals surface area contributed by atoms with Crippen molar-refractivity contribution >= 4 is 22.0 Å². The fourth-order valence-electron chi connectivity index (χ4n) is 2.10. The zero-order valence-corrected chi connectivity index (χ0v) is 14.4. The second kappa shape index (κ2) is 6.82. The van der Waals surface area contributed by atoms with E-state index in [1.807, 2.05) is 0 Å². The Morgan fingerprint density at radius 1 is 1.45 bits per heavy atom. The van der Waals surface area contributed by atoms with Crippen molar-refractivity contribution in [3.8, 4) is 0 Å². The Balaban J connectivity index is 2.39. The molecule has 0 bridgehead atoms. The quantitative estimate of drug-likeness (QED) is 0.768. The lowest BCUT2D eigenvalue weighted by atomic mass is 10.2. The van der Waals surface area contributed by atoms with Crippen molar-refractivity contribution in [2.24, 2.45) is 5.14 Å². The van der Waals surface area contributed by atoms with Gasteiger partial charge in [-0.05, 0) is 27.2 Å². The van der Waals surface area contributed by atoms with Crippen LogP contribution in [0.2, 0.25) is 0 Å². The van der Waals surface area contributed by atoms with Gasteiger partial charge in [0.1, 0.15) is 10.9 Å². The molecule has 0 spiro atoms. The number of carbonyl (C=O) groups is 2. The van der Waals surface area contributed by atoms with Gasteiger partial charge >= 0.3 is 6.09 Å². The second-order valence-corrected chi connectivity index (χ2v) is 8.36. The molecule has 0 saturated carbocycles. The van der Waals surface area contributed by atoms with E-state index in [1.165, 1.54) is 9.80 Å². The van der Waals surface area contributed by atoms with Crippen molar-refractivity contribution in [3.63, 3.8) is 0 Å². The largest absolute Gasteiger partial charge is 0.444 e. The van der Waals surface area contributed by atoms with Gasteiger partial charge in [0.2, 0.25) is 15.9 Å². The first-order valence-corrected chi connectivity index (χ1v) is 8.74. The summed E-state index contributed by atoms with van der Waals surface area (Å²) in [7, 11) is -2.07. The molecular weight excluding hydrogens is 310 g/mol. The lowest BCUT2D eigenvalue weighted by Gasteiger charge is -2.25. The van der Waals surface area contributed by atoms with E-state index in [9.17, 15) is 18.0 Å². The van der Waals surface area contributed by atoms with Crippen molar-refractivity contribution in [1.29, 1.82) is 0 Å². The number of hydrogen-bond donors (Lipinski definition) is 1. The van der Waals surface area contributed by atoms with Gasteiger partial charge in [0.25, 0.3) is 0 Å². The van der Waals surface area contributed by atoms with E-state index < -0.39 is 27.0 Å². The second-order valence-electron chi connectivity index (χ2n) is 6.51. The molecule has 0 aliphatic carbocycles. The van der Waals surface area contributed by atoms with Crippen LogP contribution in [-0.2, 0) is 19.6 Å². The average molecular weight is 335 g/mol. The van der Waals surface area contributed by atoms with Crippen LogP contribution in [0.15, 0.2) is 0 Å². The molecular formula is C13H25N3O5S. The number of primary sulfonamides is 1. The monoisotopic (exact) mass is 335 g/mol. The Morgan fingerprint density at radius 3 is 2.50 bits per heavy atom. The Hall–Kier alpha value is -1.35. The summed E-state index contributed by atoms with van der Waals surface area (Å²) in [6, 6.07) is 0. The SMILES string of the molecule is CN(CCCN1CC(S(N)(=O)=O)CC1=O)C(=O)OC(C)(C)C. The van der Waals surface area contributed by atoms with Gasteiger partial charge in [0.15, 0.2) is 0 Å². The van der Waals surface area contributed by atoms with Crippen molar-refractivity contribution in [1.82, 2.24) is 9.80 Å². The summed E-state index contributed by atoms with van der Waals surface area (Å²) < 4.78 is 27.7. The van der Waals surface area contributed by atoms with Crippen LogP contribution in [-0.4, -0.2) is 67.8 Å². The van der Waals surface area contributed by atoms with Crippen LogP contribution in [0.25, 0.3) is 0 Å². The molecule has 2 N–H and O–H groups in total. The van der Waals surface area contributed by atoms with E-state index in [0.717, 1.165) is 0 Å². The Kier molecular flexibility index (Phi) is 5.80. The number of carbonyl (C=O) groups excluding carboxylic acids is 2. The zero-order valence-electron chi connectivity index (χ0n) is 13.5. The summed E-state index contributed by atoms with van der Waals surface area (Å²) in [5.74, 6) is -0.223. The molecule has 22 heavy (non-hydrogen) atoms. The smallest absolute Gasteiger partial charge is 0.410 e. The van der Waals surface area contributed by atoms with E-state index >= 15 is 0 Å². The van der Waals surface area contributed by atoms with Gasteiger partial charge < -0.3 is 14.5 Å². The Morgan fingerprint density at radius 2 is 2.05 bits per heavy atom. The summed E-state index contributed by atoms with van der Waals surface area (Å²) >= 11 is 0. The van der Waals surface area contributed by atoms with E-state index in [0.29, 0.717) is 19.5 Å². The van der Waals surface area contributed by atoms with Crippen LogP contribution in [0.5, 0.6) is 0 Å². The number of nitrogens with two attached hydrogens (primary N) is 1. The molecule has 2 amide bonds. The predicted octanol–water partition coefficient (Wildman–Crippen LogP) is 0.133. The molecule has 9 heteroatoms. The van der Waals surface area contributed by atoms with Gasteiger partial charge in [-0.25, -0.2) is 18.4 Å². The van der Waals surface area contributed by atoms with Crippen LogP contribution in [0.4, 0.5) is 4.79 Å². The number of likely N-dealkylation sites (tertiary alicyclic amines) is 1. The number of ether oxygens (including phenoxy) is 1. The first kappa shape index (κ1) is 18.7. The lowest BCUT2D eigenvalue weighted by molar-refractivity contribution is -0.127. The fraction of sp³-hybridized carbons (Fsp3) is 0.846. The number of rotatable bonds is 5. The van der Waals surface area contributed by atoms with Gasteiger partial charge in [-0.3, -0.25) is 4.79 Å². The molecule has 1 unspecified atom stereocenters. The van der Waals surface area contributed by atoms with Gasteiger partial charge in [-0.1, -0.05) is 0 Å². The summed E-state index contributed by atoms with van der Waals surface area (Å²) in [5, 5.41) is 4.23. The minimum atomic E-state index is -3.69. The minimum absolute atomic E-state index is 0.0687. The molecule has 128 valence electrons. The van der Waals surface area contributed by atoms with E-state index in [4.69, 9.17) is 9.88 Å². The highest BCUT2D eigenvalue weighted by molar-refractivity contribution is 7.89. The molecule has 0 aromatic carbocycles. The number of hydrogen-bond acceptors (Lipinski definition) is 5. The normalized spacial score (nSPS) is 19.4. The minimum Gasteiger partial charge on any atom is -0.444 e. The molecule has 8 nitrogen and oxygen atoms in total. The number of sulfonamides is 1. The number of nitrogens with zero attached hydrogens (tertiary/aromatic N) is 2. The van der Waals surface area contributed by atoms with Gasteiger partial charge in [0.05, 0.1) is 0 Å². The highest BCUT2D eigenvalue weighted by Gasteiger charge is 2.36. The van der Waals surface area contributed by atoms with Crippen LogP contribution < -0.4 is 5.14 Å². The molecule has 1 saturated heterocycles. The lowest BCUT2D eigenvalue weighted by Crippen LogP contribution is -2.37. The van der Waals surface area contributed by atoms with Crippen molar-refractivity contribution in [3.05, 3.63) is 0 Å². The molecule has 0 aromatic rings. The maximum atomic E-state index is 11.8. The summed E-state index contributed by atoms with van der Waals surface area (Å²) in [6.07, 6.45) is 0.0437. The highest BCUT2D eigenvalue weighted by Crippen LogP contribution is 2.16. The first-order valence-electron chi connectivity index (χ1n) is 7.13. The standard InChI is InChI=1S/C13H25N3O5S/c1-13(2,3)21-12(18)15(4)6-5-7-16-9-10(8-11(16)17)22(14,19)20/h10H,5-9H2,1-4H3,(H2,14,19,20). The van der Waals surface area contributed by atoms with Gasteiger partial charge in [0, 0.05) is 33.1 Å². The third-order valence-electron chi connectivity index (χ3n) is 3.27. The van der Waals surface area contributed by atoms with Crippen molar-refractivity contribution in [2.75, 3.05) is 26.7 Å². The van der Waals surface area contributed by atoms with Crippen molar-refractivity contribution in [2.45, 2.75) is 44.5 Å². The third-order valence-corrected chi connectivity index (χ3v) is 4.52. The molecule has 1 aliphatic rings. The van der Waals surface area contributed by atoms with Crippen molar-refractivity contribution < 1.29 is 22.7 Å². The van der Waals surface area contributed by atoms with Gasteiger partial charge in [-0.15, -0.1) is 0 Å². The topological polar surface area (TPSA) is 110 Å². The maximum Gasteiger partial charge on any atom is 0.410 e. The zero-order chi connectivity index (χ0) is 17.1. The van der Waals surface area contributed by atoms with Crippen LogP contribution in [0.1, 0.15) is 33.6 Å². The Bertz CT molecular complexity index is 526. The molecule has 1 heterocycles. The van der Waals surface area contributed by atoms with E-state index in [1.54, 1.807) is 27.8 Å². The van der Waals surface area contributed by atoms with E-state index in [-0.39, 0.29) is 18.9 Å². The summed E-state index contributed by atoms with van der Waals surface area (Å²) in [6.45, 7) is 6.28. The van der Waals surface area contributed by atoms with Crippen LogP contribution in [0, 0.1) is 0 Å². The highest BCUT2D eigenvalue weighted by atomic mass is 32.2. The number of amides is 2. The van der Waals surface area contributed by atoms with E-state index in [2.05, 4.69) is 0 Å². The molecule has 0 radical (unpaired) electrons. The first-order chi connectivity index (χ1) is 9.90. The fourth-order valence-corrected chi connectivity index (χ4v) is 2.86. The molecule has 1 fully saturated rings. The summed E-state index contributed by atoms with van der Waals surface area (Å²) in [5.41, 5.74) is -0.557. The molecule has 0 aromatic heterocycles. The Labute approximate surface area is 131 Å². The van der Waals surface area contributed by atoms with Crippen LogP contribution in [0.3, 0.4) is 0 Å².